The van der Waals surface area contributed by atoms with Crippen molar-refractivity contribution in [1.29, 1.82) is 5.26 Å². The first-order valence-corrected chi connectivity index (χ1v) is 7.94. The fourth-order valence-electron chi connectivity index (χ4n) is 2.93. The van der Waals surface area contributed by atoms with E-state index in [0.717, 1.165) is 16.8 Å². The molecule has 7 nitrogen and oxygen atoms in total. The number of H-pyrrole nitrogens is 1. The van der Waals surface area contributed by atoms with Gasteiger partial charge in [0.2, 0.25) is 11.8 Å². The van der Waals surface area contributed by atoms with Gasteiger partial charge in [-0.05, 0) is 13.8 Å². The Kier molecular flexibility index (Phi) is 3.63. The molecule has 2 aromatic heterocycles. The lowest BCUT2D eigenvalue weighted by molar-refractivity contribution is 0.378. The highest BCUT2D eigenvalue weighted by Gasteiger charge is 2.38. The maximum absolute atomic E-state index is 9.64. The van der Waals surface area contributed by atoms with E-state index in [1.165, 1.54) is 0 Å². The van der Waals surface area contributed by atoms with Crippen LogP contribution in [-0.2, 0) is 5.41 Å². The van der Waals surface area contributed by atoms with Crippen LogP contribution >= 0.6 is 0 Å². The topological polar surface area (TPSA) is 106 Å². The lowest BCUT2D eigenvalue weighted by Gasteiger charge is -2.26. The molecule has 1 aliphatic heterocycles. The van der Waals surface area contributed by atoms with Gasteiger partial charge in [0.05, 0.1) is 17.7 Å². The molecule has 0 radical (unpaired) electrons. The smallest absolute Gasteiger partial charge is 0.244 e. The van der Waals surface area contributed by atoms with E-state index in [4.69, 9.17) is 10.5 Å². The lowest BCUT2D eigenvalue weighted by Crippen LogP contribution is -2.23. The van der Waals surface area contributed by atoms with Crippen LogP contribution in [0, 0.1) is 11.3 Å². The average molecular weight is 326 g/mol. The Balaban J connectivity index is 2.22. The van der Waals surface area contributed by atoms with Gasteiger partial charge in [0.1, 0.15) is 11.6 Å². The predicted octanol–water partition coefficient (Wildman–Crippen LogP) is 2.70. The molecule has 0 spiro atoms. The number of allylic oxidation sites excluding steroid dienone is 1. The number of rotatable bonds is 2. The highest BCUT2D eigenvalue weighted by atomic mass is 16.5. The van der Waals surface area contributed by atoms with E-state index < -0.39 is 0 Å². The molecule has 24 heavy (non-hydrogen) atoms. The third-order valence-electron chi connectivity index (χ3n) is 4.17. The molecule has 0 aromatic carbocycles. The van der Waals surface area contributed by atoms with Gasteiger partial charge in [-0.2, -0.15) is 10.4 Å². The van der Waals surface area contributed by atoms with Crippen LogP contribution < -0.4 is 10.5 Å². The molecular weight excluding hydrogens is 304 g/mol. The van der Waals surface area contributed by atoms with Crippen molar-refractivity contribution in [3.05, 3.63) is 40.7 Å². The average Bonchev–Trinajstić information content (AvgIpc) is 3.11. The molecule has 0 saturated carbocycles. The molecular formula is C17H22N6O. The maximum Gasteiger partial charge on any atom is 0.244 e. The molecule has 0 saturated heterocycles. The van der Waals surface area contributed by atoms with Crippen LogP contribution in [0.15, 0.2) is 23.8 Å². The molecule has 0 amide bonds. The van der Waals surface area contributed by atoms with E-state index in [0.29, 0.717) is 11.5 Å². The fraction of sp³-hybridized carbons (Fsp3) is 0.471. The molecule has 1 atom stereocenters. The van der Waals surface area contributed by atoms with Crippen molar-refractivity contribution >= 4 is 0 Å². The van der Waals surface area contributed by atoms with Crippen molar-refractivity contribution < 1.29 is 4.74 Å². The van der Waals surface area contributed by atoms with Gasteiger partial charge in [-0.15, -0.1) is 5.10 Å². The standard InChI is InChI=1S/C17H22N6O/c1-9(2)23-8-10(7-20-23)12-11(6-18)15(19)24-16-13(12)14(21-22-16)17(3,4)5/h7-9,12H,19H2,1-5H3,(H,21,22)/t12-/m0/s1. The molecule has 3 heterocycles. The third-order valence-corrected chi connectivity index (χ3v) is 4.17. The van der Waals surface area contributed by atoms with Gasteiger partial charge in [-0.3, -0.25) is 9.78 Å². The molecule has 126 valence electrons. The van der Waals surface area contributed by atoms with E-state index in [-0.39, 0.29) is 23.3 Å². The van der Waals surface area contributed by atoms with Crippen LogP contribution in [0.5, 0.6) is 5.88 Å². The number of ether oxygens (including phenoxy) is 1. The molecule has 3 N–H and O–H groups in total. The molecule has 3 rings (SSSR count). The normalized spacial score (nSPS) is 17.6. The first kappa shape index (κ1) is 16.1. The number of nitrogens with one attached hydrogen (secondary N) is 1. The molecule has 0 aliphatic carbocycles. The van der Waals surface area contributed by atoms with Crippen LogP contribution in [-0.4, -0.2) is 20.0 Å². The summed E-state index contributed by atoms with van der Waals surface area (Å²) in [7, 11) is 0. The van der Waals surface area contributed by atoms with Gasteiger partial charge in [0.25, 0.3) is 0 Å². The van der Waals surface area contributed by atoms with Crippen molar-refractivity contribution in [3.8, 4) is 11.9 Å². The van der Waals surface area contributed by atoms with E-state index in [9.17, 15) is 5.26 Å². The predicted molar refractivity (Wildman–Crippen MR) is 89.2 cm³/mol. The van der Waals surface area contributed by atoms with Crippen LogP contribution in [0.4, 0.5) is 0 Å². The zero-order chi connectivity index (χ0) is 17.6. The molecule has 7 heteroatoms. The molecule has 0 bridgehead atoms. The van der Waals surface area contributed by atoms with Crippen molar-refractivity contribution in [3.63, 3.8) is 0 Å². The molecule has 2 aromatic rings. The summed E-state index contributed by atoms with van der Waals surface area (Å²) in [6.45, 7) is 10.4. The van der Waals surface area contributed by atoms with Crippen LogP contribution in [0.25, 0.3) is 0 Å². The minimum atomic E-state index is -0.334. The summed E-state index contributed by atoms with van der Waals surface area (Å²) in [4.78, 5) is 0. The Morgan fingerprint density at radius 3 is 2.67 bits per heavy atom. The second-order valence-corrected chi connectivity index (χ2v) is 7.34. The van der Waals surface area contributed by atoms with Gasteiger partial charge >= 0.3 is 0 Å². The summed E-state index contributed by atoms with van der Waals surface area (Å²) < 4.78 is 7.45. The van der Waals surface area contributed by atoms with E-state index >= 15 is 0 Å². The Morgan fingerprint density at radius 1 is 1.42 bits per heavy atom. The Labute approximate surface area is 141 Å². The highest BCUT2D eigenvalue weighted by Crippen LogP contribution is 2.45. The first-order chi connectivity index (χ1) is 11.2. The van der Waals surface area contributed by atoms with Crippen molar-refractivity contribution in [2.45, 2.75) is 52.0 Å². The number of hydrogen-bond donors (Lipinski definition) is 2. The first-order valence-electron chi connectivity index (χ1n) is 7.94. The zero-order valence-corrected chi connectivity index (χ0v) is 14.6. The highest BCUT2D eigenvalue weighted by molar-refractivity contribution is 5.55. The summed E-state index contributed by atoms with van der Waals surface area (Å²) in [5.74, 6) is 0.192. The number of nitriles is 1. The maximum atomic E-state index is 9.64. The van der Waals surface area contributed by atoms with Crippen molar-refractivity contribution in [2.24, 2.45) is 5.73 Å². The van der Waals surface area contributed by atoms with E-state index in [2.05, 4.69) is 56.0 Å². The summed E-state index contributed by atoms with van der Waals surface area (Å²) in [5, 5.41) is 21.4. The second-order valence-electron chi connectivity index (χ2n) is 7.34. The summed E-state index contributed by atoms with van der Waals surface area (Å²) in [5.41, 5.74) is 8.87. The summed E-state index contributed by atoms with van der Waals surface area (Å²) in [6, 6.07) is 2.43. The quantitative estimate of drug-likeness (QED) is 0.882. The van der Waals surface area contributed by atoms with Gasteiger partial charge < -0.3 is 10.5 Å². The van der Waals surface area contributed by atoms with Gasteiger partial charge in [-0.1, -0.05) is 20.8 Å². The van der Waals surface area contributed by atoms with E-state index in [1.54, 1.807) is 6.20 Å². The number of aromatic amines is 1. The van der Waals surface area contributed by atoms with E-state index in [1.807, 2.05) is 10.9 Å². The molecule has 0 fully saturated rings. The number of aromatic nitrogens is 4. The van der Waals surface area contributed by atoms with Crippen molar-refractivity contribution in [2.75, 3.05) is 0 Å². The SMILES string of the molecule is CC(C)n1cc([C@H]2C(C#N)=C(N)Oc3n[nH]c(C(C)(C)C)c32)cn1. The number of nitrogens with zero attached hydrogens (tertiary/aromatic N) is 4. The van der Waals surface area contributed by atoms with Crippen LogP contribution in [0.3, 0.4) is 0 Å². The third kappa shape index (κ3) is 2.44. The van der Waals surface area contributed by atoms with Crippen LogP contribution in [0.2, 0.25) is 0 Å². The minimum Gasteiger partial charge on any atom is -0.420 e. The fourth-order valence-corrected chi connectivity index (χ4v) is 2.93. The van der Waals surface area contributed by atoms with Gasteiger partial charge in [0.15, 0.2) is 0 Å². The number of hydrogen-bond acceptors (Lipinski definition) is 5. The molecule has 1 aliphatic rings. The largest absolute Gasteiger partial charge is 0.420 e. The summed E-state index contributed by atoms with van der Waals surface area (Å²) in [6.07, 6.45) is 3.73. The van der Waals surface area contributed by atoms with Crippen molar-refractivity contribution in [1.82, 2.24) is 20.0 Å². The van der Waals surface area contributed by atoms with Crippen LogP contribution in [0.1, 0.15) is 63.4 Å². The second kappa shape index (κ2) is 5.41. The number of nitrogens with two attached hydrogens (primary N) is 1. The molecule has 0 unspecified atom stereocenters. The Bertz CT molecular complexity index is 843. The zero-order valence-electron chi connectivity index (χ0n) is 14.6. The summed E-state index contributed by atoms with van der Waals surface area (Å²) >= 11 is 0. The lowest BCUT2D eigenvalue weighted by atomic mass is 9.79. The minimum absolute atomic E-state index is 0.0965. The van der Waals surface area contributed by atoms with Gasteiger partial charge in [-0.25, -0.2) is 0 Å². The Hall–Kier alpha value is -2.75. The number of fused-ring (bicyclic) bond motifs is 1. The Morgan fingerprint density at radius 2 is 2.12 bits per heavy atom. The monoisotopic (exact) mass is 326 g/mol. The van der Waals surface area contributed by atoms with Gasteiger partial charge in [0, 0.05) is 28.9 Å².